The molecule has 1 atom stereocenters. The quantitative estimate of drug-likeness (QED) is 0.695. The van der Waals surface area contributed by atoms with Crippen LogP contribution in [0.4, 0.5) is 4.39 Å². The molecule has 2 aromatic rings. The van der Waals surface area contributed by atoms with Crippen molar-refractivity contribution in [2.45, 2.75) is 26.5 Å². The number of aromatic nitrogens is 3. The standard InChI is InChI=1S/C15H21FN3O4P/c1-3-22-24(21,23-4-2)11-14(20)9-19-10-15(17-18-19)12-6-5-7-13(16)8-12/h5-8,10,14,20H,3-4,9,11H2,1-2H3. The fourth-order valence-electron chi connectivity index (χ4n) is 2.24. The number of benzene rings is 1. The Morgan fingerprint density at radius 1 is 1.33 bits per heavy atom. The second kappa shape index (κ2) is 8.48. The maximum atomic E-state index is 13.2. The predicted molar refractivity (Wildman–Crippen MR) is 87.1 cm³/mol. The molecule has 0 radical (unpaired) electrons. The van der Waals surface area contributed by atoms with Gasteiger partial charge >= 0.3 is 7.60 Å². The number of nitrogens with zero attached hydrogens (tertiary/aromatic N) is 3. The summed E-state index contributed by atoms with van der Waals surface area (Å²) in [6.07, 6.45) is 0.477. The van der Waals surface area contributed by atoms with Crippen molar-refractivity contribution < 1.29 is 23.1 Å². The van der Waals surface area contributed by atoms with E-state index in [1.165, 1.54) is 16.8 Å². The van der Waals surface area contributed by atoms with Gasteiger partial charge in [-0.15, -0.1) is 5.10 Å². The normalized spacial score (nSPS) is 13.2. The summed E-state index contributed by atoms with van der Waals surface area (Å²) in [5.41, 5.74) is 1.07. The minimum Gasteiger partial charge on any atom is -0.391 e. The van der Waals surface area contributed by atoms with Crippen molar-refractivity contribution in [2.75, 3.05) is 19.4 Å². The summed E-state index contributed by atoms with van der Waals surface area (Å²) in [5, 5.41) is 18.0. The molecule has 9 heteroatoms. The van der Waals surface area contributed by atoms with Crippen molar-refractivity contribution >= 4 is 7.60 Å². The highest BCUT2D eigenvalue weighted by Gasteiger charge is 2.28. The lowest BCUT2D eigenvalue weighted by molar-refractivity contribution is 0.150. The van der Waals surface area contributed by atoms with E-state index in [2.05, 4.69) is 10.3 Å². The first kappa shape index (κ1) is 18.7. The minimum atomic E-state index is -3.33. The van der Waals surface area contributed by atoms with E-state index < -0.39 is 13.7 Å². The molecule has 0 bridgehead atoms. The third kappa shape index (κ3) is 5.21. The van der Waals surface area contributed by atoms with E-state index in [0.717, 1.165) is 0 Å². The van der Waals surface area contributed by atoms with E-state index in [9.17, 15) is 14.1 Å². The fraction of sp³-hybridized carbons (Fsp3) is 0.467. The smallest absolute Gasteiger partial charge is 0.333 e. The molecule has 0 aliphatic heterocycles. The third-order valence-corrected chi connectivity index (χ3v) is 5.31. The summed E-state index contributed by atoms with van der Waals surface area (Å²) < 4.78 is 37.3. The van der Waals surface area contributed by atoms with Gasteiger partial charge < -0.3 is 14.2 Å². The molecule has 0 fully saturated rings. The van der Waals surface area contributed by atoms with Gasteiger partial charge in [0, 0.05) is 5.56 Å². The van der Waals surface area contributed by atoms with Crippen LogP contribution in [0.15, 0.2) is 30.5 Å². The van der Waals surface area contributed by atoms with Gasteiger partial charge in [-0.2, -0.15) is 0 Å². The number of hydrogen-bond donors (Lipinski definition) is 1. The van der Waals surface area contributed by atoms with E-state index >= 15 is 0 Å². The molecular weight excluding hydrogens is 336 g/mol. The van der Waals surface area contributed by atoms with E-state index in [4.69, 9.17) is 9.05 Å². The van der Waals surface area contributed by atoms with Gasteiger partial charge in [-0.25, -0.2) is 9.07 Å². The molecule has 1 aromatic heterocycles. The second-order valence-electron chi connectivity index (χ2n) is 5.12. The largest absolute Gasteiger partial charge is 0.391 e. The van der Waals surface area contributed by atoms with Gasteiger partial charge in [0.2, 0.25) is 0 Å². The average molecular weight is 357 g/mol. The Labute approximate surface area is 139 Å². The topological polar surface area (TPSA) is 86.5 Å². The van der Waals surface area contributed by atoms with Crippen molar-refractivity contribution in [1.82, 2.24) is 15.0 Å². The Morgan fingerprint density at radius 3 is 2.67 bits per heavy atom. The minimum absolute atomic E-state index is 0.0758. The number of aliphatic hydroxyl groups excluding tert-OH is 1. The first-order chi connectivity index (χ1) is 11.5. The first-order valence-corrected chi connectivity index (χ1v) is 9.41. The number of aliphatic hydroxyl groups is 1. The summed E-state index contributed by atoms with van der Waals surface area (Å²) in [5.74, 6) is -0.364. The predicted octanol–water partition coefficient (Wildman–Crippen LogP) is 2.71. The van der Waals surface area contributed by atoms with Crippen LogP contribution in [0.2, 0.25) is 0 Å². The molecule has 1 aromatic carbocycles. The summed E-state index contributed by atoms with van der Waals surface area (Å²) in [6, 6.07) is 5.99. The lowest BCUT2D eigenvalue weighted by Crippen LogP contribution is -2.22. The van der Waals surface area contributed by atoms with E-state index in [1.807, 2.05) is 0 Å². The van der Waals surface area contributed by atoms with Gasteiger partial charge in [0.25, 0.3) is 0 Å². The van der Waals surface area contributed by atoms with E-state index in [0.29, 0.717) is 11.3 Å². The summed E-state index contributed by atoms with van der Waals surface area (Å²) in [6.45, 7) is 3.96. The first-order valence-electron chi connectivity index (χ1n) is 7.68. The summed E-state index contributed by atoms with van der Waals surface area (Å²) in [4.78, 5) is 0. The van der Waals surface area contributed by atoms with E-state index in [-0.39, 0.29) is 31.7 Å². The Bertz CT molecular complexity index is 700. The summed E-state index contributed by atoms with van der Waals surface area (Å²) >= 11 is 0. The zero-order valence-corrected chi connectivity index (χ0v) is 14.5. The van der Waals surface area contributed by atoms with Crippen LogP contribution in [0.25, 0.3) is 11.3 Å². The van der Waals surface area contributed by atoms with Crippen LogP contribution in [-0.4, -0.2) is 45.6 Å². The van der Waals surface area contributed by atoms with Crippen LogP contribution < -0.4 is 0 Å². The zero-order valence-electron chi connectivity index (χ0n) is 13.6. The molecule has 0 amide bonds. The molecule has 132 valence electrons. The van der Waals surface area contributed by atoms with E-state index in [1.54, 1.807) is 32.2 Å². The van der Waals surface area contributed by atoms with Gasteiger partial charge in [0.15, 0.2) is 0 Å². The Hall–Kier alpha value is -1.60. The van der Waals surface area contributed by atoms with Crippen LogP contribution in [-0.2, 0) is 20.2 Å². The monoisotopic (exact) mass is 357 g/mol. The molecule has 1 N–H and O–H groups in total. The number of hydrogen-bond acceptors (Lipinski definition) is 6. The molecule has 1 heterocycles. The lowest BCUT2D eigenvalue weighted by atomic mass is 10.2. The number of rotatable bonds is 9. The van der Waals surface area contributed by atoms with Crippen molar-refractivity contribution in [2.24, 2.45) is 0 Å². The summed E-state index contributed by atoms with van der Waals surface area (Å²) in [7, 11) is -3.33. The van der Waals surface area contributed by atoms with Gasteiger partial charge in [-0.1, -0.05) is 17.3 Å². The molecule has 0 aliphatic carbocycles. The molecule has 7 nitrogen and oxygen atoms in total. The van der Waals surface area contributed by atoms with Gasteiger partial charge in [0.1, 0.15) is 11.5 Å². The van der Waals surface area contributed by atoms with Crippen molar-refractivity contribution in [3.63, 3.8) is 0 Å². The van der Waals surface area contributed by atoms with Crippen LogP contribution in [0.5, 0.6) is 0 Å². The fourth-order valence-corrected chi connectivity index (χ4v) is 3.94. The van der Waals surface area contributed by atoms with Crippen LogP contribution in [0.3, 0.4) is 0 Å². The van der Waals surface area contributed by atoms with Crippen molar-refractivity contribution in [1.29, 1.82) is 0 Å². The Morgan fingerprint density at radius 2 is 2.04 bits per heavy atom. The third-order valence-electron chi connectivity index (χ3n) is 3.14. The highest BCUT2D eigenvalue weighted by Crippen LogP contribution is 2.48. The zero-order chi connectivity index (χ0) is 17.6. The molecule has 0 aliphatic rings. The highest BCUT2D eigenvalue weighted by atomic mass is 31.2. The maximum absolute atomic E-state index is 13.2. The van der Waals surface area contributed by atoms with Crippen LogP contribution in [0, 0.1) is 5.82 Å². The van der Waals surface area contributed by atoms with Gasteiger partial charge in [0.05, 0.1) is 38.2 Å². The Balaban J connectivity index is 2.02. The molecular formula is C15H21FN3O4P. The van der Waals surface area contributed by atoms with Crippen LogP contribution in [0.1, 0.15) is 13.8 Å². The number of halogens is 1. The SMILES string of the molecule is CCOP(=O)(CC(O)Cn1cc(-c2cccc(F)c2)nn1)OCC. The Kier molecular flexibility index (Phi) is 6.62. The average Bonchev–Trinajstić information content (AvgIpc) is 2.95. The van der Waals surface area contributed by atoms with Crippen molar-refractivity contribution in [3.8, 4) is 11.3 Å². The van der Waals surface area contributed by atoms with Crippen LogP contribution >= 0.6 is 7.60 Å². The molecule has 0 spiro atoms. The maximum Gasteiger partial charge on any atom is 0.333 e. The molecule has 0 saturated heterocycles. The van der Waals surface area contributed by atoms with Gasteiger partial charge in [-0.05, 0) is 26.0 Å². The molecule has 1 unspecified atom stereocenters. The van der Waals surface area contributed by atoms with Crippen molar-refractivity contribution in [3.05, 3.63) is 36.3 Å². The lowest BCUT2D eigenvalue weighted by Gasteiger charge is -2.19. The highest BCUT2D eigenvalue weighted by molar-refractivity contribution is 7.53. The second-order valence-corrected chi connectivity index (χ2v) is 7.22. The molecule has 2 rings (SSSR count). The molecule has 24 heavy (non-hydrogen) atoms. The van der Waals surface area contributed by atoms with Gasteiger partial charge in [-0.3, -0.25) is 4.57 Å². The molecule has 0 saturated carbocycles.